The molecule has 9 heteroatoms. The number of hydrogen-bond donors (Lipinski definition) is 1. The van der Waals surface area contributed by atoms with E-state index in [1.54, 1.807) is 43.5 Å². The molecule has 0 saturated heterocycles. The Kier molecular flexibility index (Phi) is 5.96. The average molecular weight is 491 g/mol. The summed E-state index contributed by atoms with van der Waals surface area (Å²) in [6.07, 6.45) is 0. The summed E-state index contributed by atoms with van der Waals surface area (Å²) in [4.78, 5) is 19.4. The fourth-order valence-corrected chi connectivity index (χ4v) is 4.25. The van der Waals surface area contributed by atoms with Crippen LogP contribution in [0.1, 0.15) is 24.4 Å². The smallest absolute Gasteiger partial charge is 0.326 e. The molecule has 0 aliphatic carbocycles. The Morgan fingerprint density at radius 1 is 1.09 bits per heavy atom. The highest BCUT2D eigenvalue weighted by atomic mass is 35.5. The van der Waals surface area contributed by atoms with E-state index in [9.17, 15) is 9.18 Å². The number of allylic oxidation sites excluding steroid dienone is 1. The van der Waals surface area contributed by atoms with Gasteiger partial charge in [-0.05, 0) is 67.1 Å². The average Bonchev–Trinajstić information content (AvgIpc) is 3.34. The molecule has 1 aliphatic rings. The Hall–Kier alpha value is -4.17. The van der Waals surface area contributed by atoms with Crippen LogP contribution in [0.2, 0.25) is 5.02 Å². The van der Waals surface area contributed by atoms with Crippen molar-refractivity contribution in [2.45, 2.75) is 13.0 Å². The maximum absolute atomic E-state index is 13.4. The molecule has 1 atom stereocenters. The number of urea groups is 1. The third-order valence-corrected chi connectivity index (χ3v) is 5.97. The summed E-state index contributed by atoms with van der Waals surface area (Å²) in [5.41, 5.74) is 3.17. The Morgan fingerprint density at radius 3 is 2.60 bits per heavy atom. The van der Waals surface area contributed by atoms with Crippen LogP contribution >= 0.6 is 11.6 Å². The van der Waals surface area contributed by atoms with Gasteiger partial charge in [-0.25, -0.2) is 9.18 Å². The second kappa shape index (κ2) is 9.23. The van der Waals surface area contributed by atoms with E-state index in [0.717, 1.165) is 5.56 Å². The van der Waals surface area contributed by atoms with Crippen molar-refractivity contribution in [2.75, 3.05) is 12.0 Å². The lowest BCUT2D eigenvalue weighted by Crippen LogP contribution is -2.46. The van der Waals surface area contributed by atoms with Crippen molar-refractivity contribution in [2.24, 2.45) is 0 Å². The van der Waals surface area contributed by atoms with Gasteiger partial charge < -0.3 is 14.6 Å². The van der Waals surface area contributed by atoms with Crippen molar-refractivity contribution >= 4 is 28.9 Å². The van der Waals surface area contributed by atoms with E-state index in [1.165, 1.54) is 17.0 Å². The van der Waals surface area contributed by atoms with Gasteiger partial charge in [0.2, 0.25) is 5.82 Å². The first-order valence-electron chi connectivity index (χ1n) is 10.8. The van der Waals surface area contributed by atoms with Crippen molar-refractivity contribution in [1.29, 1.82) is 0 Å². The molecule has 1 N–H and O–H groups in total. The zero-order valence-electron chi connectivity index (χ0n) is 18.8. The van der Waals surface area contributed by atoms with Gasteiger partial charge in [0.1, 0.15) is 11.6 Å². The van der Waals surface area contributed by atoms with Gasteiger partial charge in [-0.1, -0.05) is 35.0 Å². The monoisotopic (exact) mass is 490 g/mol. The van der Waals surface area contributed by atoms with E-state index < -0.39 is 6.04 Å². The number of carbonyl (C=O) groups excluding carboxylic acids is 1. The van der Waals surface area contributed by atoms with Crippen molar-refractivity contribution in [3.63, 3.8) is 0 Å². The summed E-state index contributed by atoms with van der Waals surface area (Å²) < 4.78 is 24.4. The van der Waals surface area contributed by atoms with E-state index in [0.29, 0.717) is 39.1 Å². The fraction of sp³-hybridized carbons (Fsp3) is 0.115. The van der Waals surface area contributed by atoms with Crippen molar-refractivity contribution < 1.29 is 18.4 Å². The van der Waals surface area contributed by atoms with Crippen LogP contribution in [0.5, 0.6) is 5.75 Å². The van der Waals surface area contributed by atoms with E-state index in [4.69, 9.17) is 20.9 Å². The van der Waals surface area contributed by atoms with E-state index in [2.05, 4.69) is 15.5 Å². The first kappa shape index (κ1) is 22.6. The molecular formula is C26H20ClFN4O3. The van der Waals surface area contributed by atoms with E-state index in [1.807, 2.05) is 31.2 Å². The molecule has 0 radical (unpaired) electrons. The topological polar surface area (TPSA) is 80.5 Å². The van der Waals surface area contributed by atoms with Crippen LogP contribution < -0.4 is 15.0 Å². The molecule has 176 valence electrons. The molecule has 7 nitrogen and oxygen atoms in total. The molecule has 2 heterocycles. The van der Waals surface area contributed by atoms with Crippen LogP contribution in [0, 0.1) is 5.82 Å². The zero-order chi connectivity index (χ0) is 24.5. The van der Waals surface area contributed by atoms with Gasteiger partial charge in [-0.15, -0.1) is 0 Å². The minimum absolute atomic E-state index is 0.224. The van der Waals surface area contributed by atoms with Gasteiger partial charge in [0, 0.05) is 16.3 Å². The van der Waals surface area contributed by atoms with Gasteiger partial charge >= 0.3 is 6.03 Å². The molecule has 0 spiro atoms. The van der Waals surface area contributed by atoms with Gasteiger partial charge in [-0.2, -0.15) is 4.98 Å². The molecule has 2 amide bonds. The summed E-state index contributed by atoms with van der Waals surface area (Å²) >= 11 is 6.20. The maximum Gasteiger partial charge on any atom is 0.326 e. The Morgan fingerprint density at radius 2 is 1.86 bits per heavy atom. The summed E-state index contributed by atoms with van der Waals surface area (Å²) in [5, 5.41) is 7.64. The Bertz CT molecular complexity index is 1430. The molecule has 0 fully saturated rings. The minimum atomic E-state index is -0.588. The second-order valence-corrected chi connectivity index (χ2v) is 8.34. The summed E-state index contributed by atoms with van der Waals surface area (Å²) in [6.45, 7) is 1.81. The van der Waals surface area contributed by atoms with Gasteiger partial charge in [0.05, 0.1) is 24.4 Å². The number of nitrogens with zero attached hydrogens (tertiary/aromatic N) is 3. The summed E-state index contributed by atoms with van der Waals surface area (Å²) in [6, 6.07) is 19.3. The first-order chi connectivity index (χ1) is 16.9. The van der Waals surface area contributed by atoms with Crippen LogP contribution in [-0.2, 0) is 0 Å². The molecule has 35 heavy (non-hydrogen) atoms. The fourth-order valence-electron chi connectivity index (χ4n) is 4.07. The molecule has 4 aromatic rings. The molecule has 0 bridgehead atoms. The zero-order valence-corrected chi connectivity index (χ0v) is 19.6. The summed E-state index contributed by atoms with van der Waals surface area (Å²) in [7, 11) is 1.58. The number of aromatic nitrogens is 2. The second-order valence-electron chi connectivity index (χ2n) is 7.90. The lowest BCUT2D eigenvalue weighted by molar-refractivity contribution is 0.244. The molecule has 1 aromatic heterocycles. The lowest BCUT2D eigenvalue weighted by atomic mass is 9.94. The largest absolute Gasteiger partial charge is 0.497 e. The highest BCUT2D eigenvalue weighted by Crippen LogP contribution is 2.40. The number of rotatable bonds is 5. The van der Waals surface area contributed by atoms with Crippen LogP contribution in [0.25, 0.3) is 17.0 Å². The lowest BCUT2D eigenvalue weighted by Gasteiger charge is -2.35. The van der Waals surface area contributed by atoms with Crippen LogP contribution in [-0.4, -0.2) is 23.3 Å². The number of carbonyl (C=O) groups is 1. The van der Waals surface area contributed by atoms with Crippen LogP contribution in [0.3, 0.4) is 0 Å². The SMILES string of the molecule is COc1cccc(C2NC(=O)N(c3cccc(Cl)c3)C(C)=C2c2nc(-c3ccc(F)cc3)no2)c1. The number of amides is 2. The molecule has 5 rings (SSSR count). The minimum Gasteiger partial charge on any atom is -0.497 e. The van der Waals surface area contributed by atoms with E-state index in [-0.39, 0.29) is 17.7 Å². The first-order valence-corrected chi connectivity index (χ1v) is 11.1. The third-order valence-electron chi connectivity index (χ3n) is 5.74. The highest BCUT2D eigenvalue weighted by molar-refractivity contribution is 6.31. The molecular weight excluding hydrogens is 471 g/mol. The number of methoxy groups -OCH3 is 1. The van der Waals surface area contributed by atoms with Crippen molar-refractivity contribution in [3.8, 4) is 17.1 Å². The number of hydrogen-bond acceptors (Lipinski definition) is 5. The standard InChI is InChI=1S/C26H20ClFN4O3/c1-15-22(25-30-24(31-35-25)16-9-11-19(28)12-10-16)23(17-5-3-8-21(13-17)34-2)29-26(33)32(15)20-7-4-6-18(27)14-20/h3-14,23H,1-2H3,(H,29,33). The highest BCUT2D eigenvalue weighted by Gasteiger charge is 2.36. The predicted molar refractivity (Wildman–Crippen MR) is 130 cm³/mol. The molecule has 1 aliphatic heterocycles. The quantitative estimate of drug-likeness (QED) is 0.358. The molecule has 1 unspecified atom stereocenters. The predicted octanol–water partition coefficient (Wildman–Crippen LogP) is 6.24. The van der Waals surface area contributed by atoms with Gasteiger partial charge in [-0.3, -0.25) is 4.90 Å². The van der Waals surface area contributed by atoms with Crippen LogP contribution in [0.15, 0.2) is 83.0 Å². The van der Waals surface area contributed by atoms with Crippen LogP contribution in [0.4, 0.5) is 14.9 Å². The maximum atomic E-state index is 13.4. The van der Waals surface area contributed by atoms with E-state index >= 15 is 0 Å². The Balaban J connectivity index is 1.66. The van der Waals surface area contributed by atoms with Crippen molar-refractivity contribution in [1.82, 2.24) is 15.5 Å². The number of anilines is 1. The number of nitrogens with one attached hydrogen (secondary N) is 1. The number of halogens is 2. The number of ether oxygens (including phenoxy) is 1. The van der Waals surface area contributed by atoms with Crippen molar-refractivity contribution in [3.05, 3.63) is 101 Å². The van der Waals surface area contributed by atoms with Gasteiger partial charge in [0.15, 0.2) is 0 Å². The number of benzene rings is 3. The summed E-state index contributed by atoms with van der Waals surface area (Å²) in [5.74, 6) is 0.808. The third kappa shape index (κ3) is 4.36. The normalized spacial score (nSPS) is 15.8. The van der Waals surface area contributed by atoms with Gasteiger partial charge in [0.25, 0.3) is 5.89 Å². The molecule has 3 aromatic carbocycles. The molecule has 0 saturated carbocycles. The Labute approximate surface area is 205 Å².